The molecule has 0 radical (unpaired) electrons. The second-order valence-electron chi connectivity index (χ2n) is 9.02. The fourth-order valence-electron chi connectivity index (χ4n) is 5.40. The Morgan fingerprint density at radius 1 is 1.00 bits per heavy atom. The van der Waals surface area contributed by atoms with Gasteiger partial charge in [-0.3, -0.25) is 9.78 Å². The van der Waals surface area contributed by atoms with Crippen LogP contribution in [0.4, 0.5) is 5.82 Å². The van der Waals surface area contributed by atoms with Gasteiger partial charge in [-0.1, -0.05) is 36.4 Å². The van der Waals surface area contributed by atoms with Gasteiger partial charge in [0.1, 0.15) is 11.4 Å². The number of nitrogens with two attached hydrogens (primary N) is 2. The molecule has 33 heavy (non-hydrogen) atoms. The molecule has 0 unspecified atom stereocenters. The maximum Gasteiger partial charge on any atom is 0.254 e. The highest BCUT2D eigenvalue weighted by atomic mass is 16.1. The molecular weight excluding hydrogens is 414 g/mol. The summed E-state index contributed by atoms with van der Waals surface area (Å²) in [6.07, 6.45) is 7.71. The molecule has 3 atom stereocenters. The molecule has 1 amide bonds. The van der Waals surface area contributed by atoms with Crippen molar-refractivity contribution in [2.75, 3.05) is 5.73 Å². The molecule has 0 aliphatic carbocycles. The van der Waals surface area contributed by atoms with Crippen molar-refractivity contribution in [3.8, 4) is 22.4 Å². The van der Waals surface area contributed by atoms with Gasteiger partial charge in [0.2, 0.25) is 0 Å². The quantitative estimate of drug-likeness (QED) is 0.449. The summed E-state index contributed by atoms with van der Waals surface area (Å²) in [4.78, 5) is 22.0. The van der Waals surface area contributed by atoms with Crippen molar-refractivity contribution in [3.05, 3.63) is 66.1 Å². The van der Waals surface area contributed by atoms with Crippen LogP contribution in [0.15, 0.2) is 54.9 Å². The number of carbonyl (C=O) groups excluding carboxylic acids is 1. The predicted molar refractivity (Wildman–Crippen MR) is 127 cm³/mol. The molecule has 166 valence electrons. The van der Waals surface area contributed by atoms with Crippen molar-refractivity contribution in [1.29, 1.82) is 0 Å². The van der Waals surface area contributed by atoms with Crippen molar-refractivity contribution in [1.82, 2.24) is 24.9 Å². The van der Waals surface area contributed by atoms with Gasteiger partial charge in [-0.15, -0.1) is 0 Å². The normalized spacial score (nSPS) is 22.0. The van der Waals surface area contributed by atoms with Crippen LogP contribution in [0.3, 0.4) is 0 Å². The number of primary amides is 1. The number of piperidine rings is 1. The lowest BCUT2D eigenvalue weighted by atomic mass is 9.87. The molecule has 2 saturated heterocycles. The minimum Gasteiger partial charge on any atom is -0.383 e. The van der Waals surface area contributed by atoms with Crippen LogP contribution in [0.2, 0.25) is 0 Å². The number of pyridine rings is 1. The van der Waals surface area contributed by atoms with Crippen LogP contribution in [-0.2, 0) is 0 Å². The maximum absolute atomic E-state index is 12.4. The largest absolute Gasteiger partial charge is 0.383 e. The summed E-state index contributed by atoms with van der Waals surface area (Å²) in [6.45, 7) is 0. The first-order chi connectivity index (χ1) is 16.1. The Balaban J connectivity index is 1.45. The number of hydrogen-bond donors (Lipinski definition) is 3. The van der Waals surface area contributed by atoms with Crippen LogP contribution >= 0.6 is 0 Å². The molecule has 6 rings (SSSR count). The van der Waals surface area contributed by atoms with Crippen molar-refractivity contribution in [2.45, 2.75) is 43.7 Å². The van der Waals surface area contributed by atoms with E-state index >= 15 is 0 Å². The Morgan fingerprint density at radius 2 is 1.76 bits per heavy atom. The summed E-state index contributed by atoms with van der Waals surface area (Å²) in [5, 5.41) is 8.07. The van der Waals surface area contributed by atoms with E-state index in [9.17, 15) is 4.79 Å². The summed E-state index contributed by atoms with van der Waals surface area (Å²) in [5.41, 5.74) is 17.5. The van der Waals surface area contributed by atoms with Gasteiger partial charge < -0.3 is 16.8 Å². The topological polar surface area (TPSA) is 124 Å². The van der Waals surface area contributed by atoms with E-state index in [4.69, 9.17) is 16.5 Å². The maximum atomic E-state index is 12.4. The van der Waals surface area contributed by atoms with E-state index < -0.39 is 5.91 Å². The first-order valence-corrected chi connectivity index (χ1v) is 11.3. The molecule has 0 spiro atoms. The van der Waals surface area contributed by atoms with E-state index in [0.29, 0.717) is 29.0 Å². The predicted octanol–water partition coefficient (Wildman–Crippen LogP) is 3.14. The van der Waals surface area contributed by atoms with E-state index in [2.05, 4.69) is 15.4 Å². The lowest BCUT2D eigenvalue weighted by Crippen LogP contribution is -2.38. The van der Waals surface area contributed by atoms with Crippen LogP contribution in [0.25, 0.3) is 28.0 Å². The lowest BCUT2D eigenvalue weighted by Gasteiger charge is -2.29. The van der Waals surface area contributed by atoms with Crippen LogP contribution < -0.4 is 16.8 Å². The number of carbonyl (C=O) groups is 1. The summed E-state index contributed by atoms with van der Waals surface area (Å²) >= 11 is 0. The monoisotopic (exact) mass is 439 g/mol. The van der Waals surface area contributed by atoms with E-state index in [1.807, 2.05) is 48.7 Å². The SMILES string of the molecule is NC(=O)c1c([C@H]2C[C@H]3CC[C@@H](C2)N3)nc2c(-c3ccc(-c4ccccc4)nc3)cnn2c1N. The third-order valence-electron chi connectivity index (χ3n) is 6.96. The summed E-state index contributed by atoms with van der Waals surface area (Å²) in [5.74, 6) is -0.179. The zero-order valence-corrected chi connectivity index (χ0v) is 18.1. The molecule has 5 N–H and O–H groups in total. The van der Waals surface area contributed by atoms with Crippen LogP contribution in [0, 0.1) is 0 Å². The zero-order valence-electron chi connectivity index (χ0n) is 18.1. The number of nitrogen functional groups attached to an aromatic ring is 1. The minimum absolute atomic E-state index is 0.139. The van der Waals surface area contributed by atoms with E-state index in [0.717, 1.165) is 48.1 Å². The molecule has 2 fully saturated rings. The summed E-state index contributed by atoms with van der Waals surface area (Å²) in [6, 6.07) is 14.9. The number of nitrogens with zero attached hydrogens (tertiary/aromatic N) is 4. The molecule has 3 aromatic heterocycles. The second-order valence-corrected chi connectivity index (χ2v) is 9.02. The smallest absolute Gasteiger partial charge is 0.254 e. The Bertz CT molecular complexity index is 1330. The Morgan fingerprint density at radius 3 is 2.42 bits per heavy atom. The highest BCUT2D eigenvalue weighted by Crippen LogP contribution is 2.39. The van der Waals surface area contributed by atoms with Crippen LogP contribution in [0.5, 0.6) is 0 Å². The summed E-state index contributed by atoms with van der Waals surface area (Å²) < 4.78 is 1.51. The second kappa shape index (κ2) is 7.67. The summed E-state index contributed by atoms with van der Waals surface area (Å²) in [7, 11) is 0. The van der Waals surface area contributed by atoms with E-state index in [-0.39, 0.29) is 11.7 Å². The number of hydrogen-bond acceptors (Lipinski definition) is 6. The number of rotatable bonds is 4. The number of benzene rings is 1. The zero-order chi connectivity index (χ0) is 22.5. The molecule has 8 heteroatoms. The minimum atomic E-state index is -0.561. The van der Waals surface area contributed by atoms with Gasteiger partial charge in [-0.05, 0) is 31.7 Å². The molecular formula is C25H25N7O. The highest BCUT2D eigenvalue weighted by molar-refractivity contribution is 5.99. The van der Waals surface area contributed by atoms with E-state index in [1.54, 1.807) is 6.20 Å². The van der Waals surface area contributed by atoms with Gasteiger partial charge in [0.25, 0.3) is 5.91 Å². The van der Waals surface area contributed by atoms with Gasteiger partial charge in [-0.2, -0.15) is 9.61 Å². The molecule has 2 aliphatic heterocycles. The van der Waals surface area contributed by atoms with Crippen molar-refractivity contribution in [3.63, 3.8) is 0 Å². The Hall–Kier alpha value is -3.78. The number of anilines is 1. The average molecular weight is 440 g/mol. The molecule has 2 aliphatic rings. The molecule has 8 nitrogen and oxygen atoms in total. The average Bonchev–Trinajstić information content (AvgIpc) is 3.42. The number of nitrogens with one attached hydrogen (secondary N) is 1. The fraction of sp³-hybridized carbons (Fsp3) is 0.280. The van der Waals surface area contributed by atoms with Crippen molar-refractivity contribution >= 4 is 17.4 Å². The number of fused-ring (bicyclic) bond motifs is 3. The van der Waals surface area contributed by atoms with Gasteiger partial charge in [-0.25, -0.2) is 4.98 Å². The van der Waals surface area contributed by atoms with Crippen molar-refractivity contribution in [2.24, 2.45) is 5.73 Å². The van der Waals surface area contributed by atoms with E-state index in [1.165, 1.54) is 4.52 Å². The van der Waals surface area contributed by atoms with Gasteiger partial charge in [0, 0.05) is 40.9 Å². The standard InChI is InChI=1S/C25H25N7O/c26-23-21(24(27)33)22(16-10-17-7-8-18(11-16)30-17)31-25-19(13-29-32(23)25)15-6-9-20(28-12-15)14-4-2-1-3-5-14/h1-6,9,12-13,16-18,30H,7-8,10-11,26H2,(H2,27,33)/t16-,17+,18-. The first kappa shape index (κ1) is 19.9. The van der Waals surface area contributed by atoms with Crippen LogP contribution in [0.1, 0.15) is 47.7 Å². The van der Waals surface area contributed by atoms with Crippen LogP contribution in [-0.4, -0.2) is 37.6 Å². The Labute approximate surface area is 191 Å². The first-order valence-electron chi connectivity index (χ1n) is 11.3. The lowest BCUT2D eigenvalue weighted by molar-refractivity contribution is 0.0998. The molecule has 2 bridgehead atoms. The fourth-order valence-corrected chi connectivity index (χ4v) is 5.40. The molecule has 1 aromatic carbocycles. The van der Waals surface area contributed by atoms with Gasteiger partial charge >= 0.3 is 0 Å². The molecule has 4 aromatic rings. The van der Waals surface area contributed by atoms with Gasteiger partial charge in [0.15, 0.2) is 5.65 Å². The number of aromatic nitrogens is 4. The molecule has 5 heterocycles. The Kier molecular flexibility index (Phi) is 4.62. The molecule has 0 saturated carbocycles. The number of amides is 1. The third-order valence-corrected chi connectivity index (χ3v) is 6.96. The van der Waals surface area contributed by atoms with Gasteiger partial charge in [0.05, 0.1) is 17.6 Å². The third kappa shape index (κ3) is 3.34. The highest BCUT2D eigenvalue weighted by Gasteiger charge is 2.37. The van der Waals surface area contributed by atoms with Crippen molar-refractivity contribution < 1.29 is 4.79 Å².